The van der Waals surface area contributed by atoms with Crippen LogP contribution >= 0.6 is 0 Å². The van der Waals surface area contributed by atoms with Gasteiger partial charge in [-0.2, -0.15) is 5.26 Å². The van der Waals surface area contributed by atoms with Crippen LogP contribution in [-0.4, -0.2) is 4.57 Å². The fourth-order valence-electron chi connectivity index (χ4n) is 2.92. The number of benzene rings is 1. The summed E-state index contributed by atoms with van der Waals surface area (Å²) >= 11 is 0. The van der Waals surface area contributed by atoms with Gasteiger partial charge in [0.1, 0.15) is 0 Å². The van der Waals surface area contributed by atoms with Crippen molar-refractivity contribution < 1.29 is 0 Å². The third kappa shape index (κ3) is 2.14. The van der Waals surface area contributed by atoms with Gasteiger partial charge in [-0.05, 0) is 55.0 Å². The molecule has 1 aliphatic rings. The average Bonchev–Trinajstić information content (AvgIpc) is 2.92. The van der Waals surface area contributed by atoms with E-state index in [2.05, 4.69) is 6.07 Å². The number of nitriles is 1. The summed E-state index contributed by atoms with van der Waals surface area (Å²) in [6.07, 6.45) is 3.19. The maximum atomic E-state index is 12.1. The minimum absolute atomic E-state index is 0.0643. The summed E-state index contributed by atoms with van der Waals surface area (Å²) in [5.74, 6) is 0. The standard InChI is InChI=1S/C17H16N2O/c1-12-9-13(10-18)5-6-15(12)11-19-16-4-2-3-14(16)7-8-17(19)20/h5-9H,2-4,11H2,1H3. The van der Waals surface area contributed by atoms with Crippen molar-refractivity contribution in [2.75, 3.05) is 0 Å². The molecule has 0 bridgehead atoms. The summed E-state index contributed by atoms with van der Waals surface area (Å²) in [6.45, 7) is 2.59. The molecule has 1 aromatic heterocycles. The first-order chi connectivity index (χ1) is 9.69. The van der Waals surface area contributed by atoms with Gasteiger partial charge in [0.05, 0.1) is 18.2 Å². The van der Waals surface area contributed by atoms with Crippen LogP contribution in [0.1, 0.15) is 34.4 Å². The van der Waals surface area contributed by atoms with E-state index in [1.54, 1.807) is 6.07 Å². The molecule has 0 aliphatic heterocycles. The number of nitrogens with zero attached hydrogens (tertiary/aromatic N) is 2. The Morgan fingerprint density at radius 3 is 2.85 bits per heavy atom. The number of pyridine rings is 1. The zero-order valence-corrected chi connectivity index (χ0v) is 11.5. The molecule has 1 heterocycles. The van der Waals surface area contributed by atoms with Crippen molar-refractivity contribution >= 4 is 0 Å². The lowest BCUT2D eigenvalue weighted by Crippen LogP contribution is -2.23. The van der Waals surface area contributed by atoms with Crippen LogP contribution in [0.4, 0.5) is 0 Å². The maximum absolute atomic E-state index is 12.1. The van der Waals surface area contributed by atoms with Crippen molar-refractivity contribution in [3.8, 4) is 6.07 Å². The van der Waals surface area contributed by atoms with E-state index in [9.17, 15) is 4.79 Å². The van der Waals surface area contributed by atoms with E-state index in [0.29, 0.717) is 12.1 Å². The molecule has 100 valence electrons. The molecule has 0 unspecified atom stereocenters. The van der Waals surface area contributed by atoms with Crippen LogP contribution in [0.5, 0.6) is 0 Å². The third-order valence-electron chi connectivity index (χ3n) is 4.05. The van der Waals surface area contributed by atoms with Crippen LogP contribution in [0.2, 0.25) is 0 Å². The number of hydrogen-bond acceptors (Lipinski definition) is 2. The summed E-state index contributed by atoms with van der Waals surface area (Å²) in [4.78, 5) is 12.1. The number of rotatable bonds is 2. The van der Waals surface area contributed by atoms with E-state index in [-0.39, 0.29) is 5.56 Å². The summed E-state index contributed by atoms with van der Waals surface area (Å²) in [7, 11) is 0. The predicted octanol–water partition coefficient (Wildman–Crippen LogP) is 2.57. The summed E-state index contributed by atoms with van der Waals surface area (Å²) < 4.78 is 1.89. The first kappa shape index (κ1) is 12.7. The van der Waals surface area contributed by atoms with Gasteiger partial charge in [-0.1, -0.05) is 12.1 Å². The SMILES string of the molecule is Cc1cc(C#N)ccc1Cn1c2c(ccc1=O)CCC2. The highest BCUT2D eigenvalue weighted by Gasteiger charge is 2.16. The Hall–Kier alpha value is -2.34. The van der Waals surface area contributed by atoms with E-state index in [1.165, 1.54) is 11.3 Å². The van der Waals surface area contributed by atoms with E-state index in [1.807, 2.05) is 35.8 Å². The second-order valence-electron chi connectivity index (χ2n) is 5.34. The zero-order chi connectivity index (χ0) is 14.1. The Morgan fingerprint density at radius 1 is 1.25 bits per heavy atom. The van der Waals surface area contributed by atoms with E-state index in [4.69, 9.17) is 5.26 Å². The summed E-state index contributed by atoms with van der Waals surface area (Å²) in [5, 5.41) is 8.91. The number of aryl methyl sites for hydroxylation is 2. The molecule has 0 fully saturated rings. The largest absolute Gasteiger partial charge is 0.308 e. The zero-order valence-electron chi connectivity index (χ0n) is 11.5. The van der Waals surface area contributed by atoms with Crippen molar-refractivity contribution in [2.24, 2.45) is 0 Å². The lowest BCUT2D eigenvalue weighted by Gasteiger charge is -2.13. The van der Waals surface area contributed by atoms with Gasteiger partial charge in [0, 0.05) is 11.8 Å². The lowest BCUT2D eigenvalue weighted by molar-refractivity contribution is 0.704. The van der Waals surface area contributed by atoms with Crippen molar-refractivity contribution in [3.05, 3.63) is 68.6 Å². The molecule has 0 N–H and O–H groups in total. The molecule has 0 amide bonds. The van der Waals surface area contributed by atoms with Gasteiger partial charge >= 0.3 is 0 Å². The molecule has 0 spiro atoms. The molecule has 3 heteroatoms. The molecule has 20 heavy (non-hydrogen) atoms. The van der Waals surface area contributed by atoms with Crippen molar-refractivity contribution in [2.45, 2.75) is 32.7 Å². The minimum Gasteiger partial charge on any atom is -0.308 e. The van der Waals surface area contributed by atoms with E-state index in [0.717, 1.165) is 30.4 Å². The van der Waals surface area contributed by atoms with Crippen molar-refractivity contribution in [1.82, 2.24) is 4.57 Å². The molecule has 0 saturated carbocycles. The van der Waals surface area contributed by atoms with Crippen LogP contribution < -0.4 is 5.56 Å². The van der Waals surface area contributed by atoms with Crippen molar-refractivity contribution in [3.63, 3.8) is 0 Å². The van der Waals surface area contributed by atoms with Crippen molar-refractivity contribution in [1.29, 1.82) is 5.26 Å². The third-order valence-corrected chi connectivity index (χ3v) is 4.05. The molecule has 0 saturated heterocycles. The Bertz CT molecular complexity index is 766. The number of aromatic nitrogens is 1. The summed E-state index contributed by atoms with van der Waals surface area (Å²) in [5.41, 5.74) is 5.38. The van der Waals surface area contributed by atoms with Gasteiger partial charge in [0.15, 0.2) is 0 Å². The molecule has 3 nitrogen and oxygen atoms in total. The smallest absolute Gasteiger partial charge is 0.251 e. The van der Waals surface area contributed by atoms with Gasteiger partial charge < -0.3 is 4.57 Å². The topological polar surface area (TPSA) is 45.8 Å². The highest BCUT2D eigenvalue weighted by molar-refractivity contribution is 5.38. The molecule has 1 aliphatic carbocycles. The first-order valence-corrected chi connectivity index (χ1v) is 6.90. The van der Waals surface area contributed by atoms with Gasteiger partial charge in [0.2, 0.25) is 0 Å². The quantitative estimate of drug-likeness (QED) is 0.837. The first-order valence-electron chi connectivity index (χ1n) is 6.90. The van der Waals surface area contributed by atoms with E-state index >= 15 is 0 Å². The second kappa shape index (κ2) is 4.97. The molecule has 3 rings (SSSR count). The van der Waals surface area contributed by atoms with Gasteiger partial charge in [0.25, 0.3) is 5.56 Å². The molecule has 0 atom stereocenters. The number of hydrogen-bond donors (Lipinski definition) is 0. The monoisotopic (exact) mass is 264 g/mol. The lowest BCUT2D eigenvalue weighted by atomic mass is 10.1. The maximum Gasteiger partial charge on any atom is 0.251 e. The Balaban J connectivity index is 2.03. The number of fused-ring (bicyclic) bond motifs is 1. The Morgan fingerprint density at radius 2 is 2.10 bits per heavy atom. The van der Waals surface area contributed by atoms with Gasteiger partial charge in [-0.25, -0.2) is 0 Å². The molecule has 1 aromatic carbocycles. The highest BCUT2D eigenvalue weighted by Crippen LogP contribution is 2.21. The van der Waals surface area contributed by atoms with Gasteiger partial charge in [-0.3, -0.25) is 4.79 Å². The molecular weight excluding hydrogens is 248 g/mol. The highest BCUT2D eigenvalue weighted by atomic mass is 16.1. The van der Waals surface area contributed by atoms with Gasteiger partial charge in [-0.15, -0.1) is 0 Å². The summed E-state index contributed by atoms with van der Waals surface area (Å²) in [6, 6.07) is 11.4. The Kier molecular flexibility index (Phi) is 3.15. The fourth-order valence-corrected chi connectivity index (χ4v) is 2.92. The van der Waals surface area contributed by atoms with Crippen LogP contribution in [-0.2, 0) is 19.4 Å². The molecular formula is C17H16N2O. The van der Waals surface area contributed by atoms with Crippen LogP contribution in [0.25, 0.3) is 0 Å². The fraction of sp³-hybridized carbons (Fsp3) is 0.294. The van der Waals surface area contributed by atoms with Crippen LogP contribution in [0, 0.1) is 18.3 Å². The van der Waals surface area contributed by atoms with Crippen LogP contribution in [0.3, 0.4) is 0 Å². The predicted molar refractivity (Wildman–Crippen MR) is 77.7 cm³/mol. The normalized spacial score (nSPS) is 13.0. The molecule has 2 aromatic rings. The molecule has 0 radical (unpaired) electrons. The average molecular weight is 264 g/mol. The van der Waals surface area contributed by atoms with Crippen LogP contribution in [0.15, 0.2) is 35.1 Å². The minimum atomic E-state index is 0.0643. The Labute approximate surface area is 118 Å². The second-order valence-corrected chi connectivity index (χ2v) is 5.34. The van der Waals surface area contributed by atoms with E-state index < -0.39 is 0 Å².